The number of hydrogen-bond donors (Lipinski definition) is 1. The molecule has 0 saturated carbocycles. The highest BCUT2D eigenvalue weighted by molar-refractivity contribution is 4.66. The van der Waals surface area contributed by atoms with Gasteiger partial charge >= 0.3 is 0 Å². The van der Waals surface area contributed by atoms with Gasteiger partial charge in [-0.25, -0.2) is 0 Å². The molecule has 0 spiro atoms. The van der Waals surface area contributed by atoms with E-state index in [-0.39, 0.29) is 0 Å². The predicted molar refractivity (Wildman–Crippen MR) is 187 cm³/mol. The van der Waals surface area contributed by atoms with Crippen LogP contribution in [-0.2, 0) is 0 Å². The highest BCUT2D eigenvalue weighted by atomic mass is 16.3. The summed E-state index contributed by atoms with van der Waals surface area (Å²) >= 11 is 0. The zero-order chi connectivity index (χ0) is 31.9. The summed E-state index contributed by atoms with van der Waals surface area (Å²) in [6.07, 6.45) is 16.9. The Kier molecular flexibility index (Phi) is 44.9. The third-order valence-corrected chi connectivity index (χ3v) is 8.80. The molecule has 0 heterocycles. The molecule has 0 aromatic rings. The van der Waals surface area contributed by atoms with Gasteiger partial charge in [-0.1, -0.05) is 188 Å². The molecule has 39 heavy (non-hydrogen) atoms. The molecule has 0 saturated heterocycles. The Hall–Kier alpha value is -0.0400. The predicted octanol–water partition coefficient (Wildman–Crippen LogP) is 14.0. The molecule has 0 aliphatic heterocycles. The summed E-state index contributed by atoms with van der Waals surface area (Å²) in [6, 6.07) is 0. The van der Waals surface area contributed by atoms with Crippen molar-refractivity contribution in [1.29, 1.82) is 0 Å². The Morgan fingerprint density at radius 2 is 0.821 bits per heavy atom. The summed E-state index contributed by atoms with van der Waals surface area (Å²) in [6.45, 7) is 38.8. The van der Waals surface area contributed by atoms with Crippen molar-refractivity contribution in [3.63, 3.8) is 0 Å². The van der Waals surface area contributed by atoms with Crippen molar-refractivity contribution in [2.24, 2.45) is 40.9 Å². The molecule has 0 aromatic heterocycles. The molecule has 0 fully saturated rings. The SMILES string of the molecule is CCC(C)C(C)C.CCC(C)[C@H](C)CC.CCCC(C)(C)CCO.CCCC(C)CCC.CCC[C@H](C)CC. The molecule has 0 bridgehead atoms. The first-order valence-electron chi connectivity index (χ1n) is 17.7. The molecule has 0 aromatic carbocycles. The Labute approximate surface area is 253 Å². The number of aliphatic hydroxyl groups excluding tert-OH is 1. The number of hydrogen-bond acceptors (Lipinski definition) is 1. The normalized spacial score (nSPS) is 13.8. The first-order chi connectivity index (χ1) is 18.1. The molecule has 1 N–H and O–H groups in total. The van der Waals surface area contributed by atoms with E-state index in [0.29, 0.717) is 12.0 Å². The van der Waals surface area contributed by atoms with Crippen LogP contribution in [0.3, 0.4) is 0 Å². The highest BCUT2D eigenvalue weighted by Crippen LogP contribution is 2.25. The lowest BCUT2D eigenvalue weighted by Crippen LogP contribution is -2.12. The summed E-state index contributed by atoms with van der Waals surface area (Å²) in [7, 11) is 0. The van der Waals surface area contributed by atoms with Crippen LogP contribution >= 0.6 is 0 Å². The van der Waals surface area contributed by atoms with Crippen LogP contribution in [0.2, 0.25) is 0 Å². The molecule has 4 atom stereocenters. The summed E-state index contributed by atoms with van der Waals surface area (Å²) in [5, 5.41) is 8.63. The van der Waals surface area contributed by atoms with Crippen molar-refractivity contribution < 1.29 is 5.11 Å². The van der Waals surface area contributed by atoms with Crippen LogP contribution in [0.25, 0.3) is 0 Å². The van der Waals surface area contributed by atoms with Gasteiger partial charge in [0.05, 0.1) is 0 Å². The van der Waals surface area contributed by atoms with E-state index in [1.807, 2.05) is 0 Å². The summed E-state index contributed by atoms with van der Waals surface area (Å²) < 4.78 is 0. The van der Waals surface area contributed by atoms with Gasteiger partial charge in [-0.15, -0.1) is 0 Å². The van der Waals surface area contributed by atoms with Crippen LogP contribution in [0.1, 0.15) is 201 Å². The van der Waals surface area contributed by atoms with Crippen LogP contribution in [-0.4, -0.2) is 11.7 Å². The Bertz CT molecular complexity index is 378. The van der Waals surface area contributed by atoms with Crippen LogP contribution < -0.4 is 0 Å². The first-order valence-corrected chi connectivity index (χ1v) is 17.7. The molecule has 2 unspecified atom stereocenters. The third kappa shape index (κ3) is 45.2. The van der Waals surface area contributed by atoms with Crippen molar-refractivity contribution >= 4 is 0 Å². The lowest BCUT2D eigenvalue weighted by atomic mass is 9.85. The van der Waals surface area contributed by atoms with E-state index < -0.39 is 0 Å². The van der Waals surface area contributed by atoms with E-state index in [1.165, 1.54) is 77.0 Å². The van der Waals surface area contributed by atoms with Crippen molar-refractivity contribution in [2.75, 3.05) is 6.61 Å². The average Bonchev–Trinajstić information content (AvgIpc) is 2.88. The standard InChI is InChI=1S/C8H18O.2C8H18.2C7H16/c1-4-5-8(2,3)6-7-9;1-5-7(3)8(4)6-2;1-4-6-8(3)7-5-2;1-5-7(4)6(2)3;1-4-6-7(3)5-2/h9H,4-7H2,1-3H3;7-8H,5-6H2,1-4H3;8H,4-7H2,1-3H3;6-7H,5H2,1-4H3;7H,4-6H2,1-3H3/t;7-,8?;;;7-/m.1..1/s1. The Morgan fingerprint density at radius 1 is 0.462 bits per heavy atom. The Morgan fingerprint density at radius 3 is 1.00 bits per heavy atom. The van der Waals surface area contributed by atoms with Crippen LogP contribution in [0.4, 0.5) is 0 Å². The second kappa shape index (κ2) is 36.0. The highest BCUT2D eigenvalue weighted by Gasteiger charge is 2.14. The van der Waals surface area contributed by atoms with E-state index in [2.05, 4.69) is 118 Å². The smallest absolute Gasteiger partial charge is 0.0436 e. The topological polar surface area (TPSA) is 20.2 Å². The lowest BCUT2D eigenvalue weighted by Gasteiger charge is -2.21. The van der Waals surface area contributed by atoms with Crippen molar-refractivity contribution in [1.82, 2.24) is 0 Å². The van der Waals surface area contributed by atoms with Crippen LogP contribution in [0.15, 0.2) is 0 Å². The fraction of sp³-hybridized carbons (Fsp3) is 1.00. The van der Waals surface area contributed by atoms with Gasteiger partial charge in [0.15, 0.2) is 0 Å². The first kappa shape index (κ1) is 48.7. The monoisotopic (exact) mass is 559 g/mol. The minimum atomic E-state index is 0.326. The van der Waals surface area contributed by atoms with Gasteiger partial charge in [-0.3, -0.25) is 0 Å². The summed E-state index contributed by atoms with van der Waals surface area (Å²) in [5.74, 6) is 5.51. The quantitative estimate of drug-likeness (QED) is 0.200. The van der Waals surface area contributed by atoms with Gasteiger partial charge in [-0.05, 0) is 53.8 Å². The maximum absolute atomic E-state index is 8.63. The minimum absolute atomic E-state index is 0.326. The maximum atomic E-state index is 8.63. The molecule has 0 aliphatic rings. The van der Waals surface area contributed by atoms with Crippen molar-refractivity contribution in [3.8, 4) is 0 Å². The van der Waals surface area contributed by atoms with Gasteiger partial charge in [0.1, 0.15) is 0 Å². The average molecular weight is 559 g/mol. The molecule has 1 heteroatoms. The fourth-order valence-corrected chi connectivity index (χ4v) is 4.21. The molecular formula is C38H86O. The van der Waals surface area contributed by atoms with Crippen molar-refractivity contribution in [3.05, 3.63) is 0 Å². The van der Waals surface area contributed by atoms with Gasteiger partial charge in [0.25, 0.3) is 0 Å². The molecule has 0 amide bonds. The summed E-state index contributed by atoms with van der Waals surface area (Å²) in [4.78, 5) is 0. The van der Waals surface area contributed by atoms with E-state index in [1.54, 1.807) is 0 Å². The number of aliphatic hydroxyl groups is 1. The maximum Gasteiger partial charge on any atom is 0.0436 e. The molecular weight excluding hydrogens is 472 g/mol. The molecule has 244 valence electrons. The van der Waals surface area contributed by atoms with Crippen LogP contribution in [0.5, 0.6) is 0 Å². The molecule has 1 nitrogen and oxygen atoms in total. The van der Waals surface area contributed by atoms with Crippen LogP contribution in [0, 0.1) is 40.9 Å². The second-order valence-corrected chi connectivity index (χ2v) is 13.8. The zero-order valence-electron chi connectivity index (χ0n) is 31.3. The van der Waals surface area contributed by atoms with E-state index in [9.17, 15) is 0 Å². The van der Waals surface area contributed by atoms with Gasteiger partial charge < -0.3 is 5.11 Å². The van der Waals surface area contributed by atoms with E-state index >= 15 is 0 Å². The molecule has 0 rings (SSSR count). The fourth-order valence-electron chi connectivity index (χ4n) is 4.21. The molecule has 0 aliphatic carbocycles. The van der Waals surface area contributed by atoms with Gasteiger partial charge in [-0.2, -0.15) is 0 Å². The second-order valence-electron chi connectivity index (χ2n) is 13.8. The third-order valence-electron chi connectivity index (χ3n) is 8.80. The largest absolute Gasteiger partial charge is 0.396 e. The summed E-state index contributed by atoms with van der Waals surface area (Å²) in [5.41, 5.74) is 0.351. The van der Waals surface area contributed by atoms with E-state index in [0.717, 1.165) is 41.9 Å². The van der Waals surface area contributed by atoms with Crippen molar-refractivity contribution in [2.45, 2.75) is 201 Å². The minimum Gasteiger partial charge on any atom is -0.396 e. The van der Waals surface area contributed by atoms with Gasteiger partial charge in [0.2, 0.25) is 0 Å². The van der Waals surface area contributed by atoms with Gasteiger partial charge in [0, 0.05) is 6.61 Å². The molecule has 0 radical (unpaired) electrons. The zero-order valence-corrected chi connectivity index (χ0v) is 31.3. The number of rotatable bonds is 16. The van der Waals surface area contributed by atoms with E-state index in [4.69, 9.17) is 5.11 Å². The lowest BCUT2D eigenvalue weighted by molar-refractivity contribution is 0.201. The Balaban J connectivity index is -0.000000124.